The Bertz CT molecular complexity index is 856. The van der Waals surface area contributed by atoms with Crippen molar-refractivity contribution < 1.29 is 9.59 Å². The number of hydrogen-bond donors (Lipinski definition) is 1. The van der Waals surface area contributed by atoms with Crippen LogP contribution in [0.3, 0.4) is 0 Å². The lowest BCUT2D eigenvalue weighted by molar-refractivity contribution is -0.128. The van der Waals surface area contributed by atoms with Crippen molar-refractivity contribution in [2.24, 2.45) is 0 Å². The largest absolute Gasteiger partial charge is 0.337 e. The smallest absolute Gasteiger partial charge is 0.271 e. The molecule has 0 spiro atoms. The minimum Gasteiger partial charge on any atom is -0.337 e. The molecule has 1 fully saturated rings. The molecule has 27 heavy (non-hydrogen) atoms. The molecule has 140 valence electrons. The number of nitrogens with one attached hydrogen (secondary N) is 1. The summed E-state index contributed by atoms with van der Waals surface area (Å²) in [5.74, 6) is -0.574. The summed E-state index contributed by atoms with van der Waals surface area (Å²) in [6.45, 7) is 3.29. The second kappa shape index (κ2) is 8.87. The Kier molecular flexibility index (Phi) is 6.30. The second-order valence-electron chi connectivity index (χ2n) is 6.68. The first kappa shape index (κ1) is 19.2. The van der Waals surface area contributed by atoms with Gasteiger partial charge in [0.15, 0.2) is 0 Å². The fourth-order valence-electron chi connectivity index (χ4n) is 3.19. The zero-order chi connectivity index (χ0) is 19.2. The van der Waals surface area contributed by atoms with E-state index in [1.165, 1.54) is 0 Å². The highest BCUT2D eigenvalue weighted by Crippen LogP contribution is 2.27. The van der Waals surface area contributed by atoms with Crippen molar-refractivity contribution in [2.45, 2.75) is 26.2 Å². The summed E-state index contributed by atoms with van der Waals surface area (Å²) in [5.41, 5.74) is 2.31. The Morgan fingerprint density at radius 3 is 2.22 bits per heavy atom. The van der Waals surface area contributed by atoms with E-state index in [9.17, 15) is 9.59 Å². The Morgan fingerprint density at radius 1 is 0.926 bits per heavy atom. The minimum absolute atomic E-state index is 0.140. The van der Waals surface area contributed by atoms with Crippen molar-refractivity contribution in [1.82, 2.24) is 10.2 Å². The molecule has 2 aromatic rings. The Morgan fingerprint density at radius 2 is 1.56 bits per heavy atom. The van der Waals surface area contributed by atoms with E-state index >= 15 is 0 Å². The Labute approximate surface area is 164 Å². The van der Waals surface area contributed by atoms with Crippen LogP contribution >= 0.6 is 11.6 Å². The van der Waals surface area contributed by atoms with Crippen LogP contribution in [0.1, 0.15) is 40.7 Å². The normalized spacial score (nSPS) is 15.1. The Hall–Kier alpha value is -2.59. The van der Waals surface area contributed by atoms with Gasteiger partial charge < -0.3 is 10.2 Å². The number of carbonyl (C=O) groups excluding carboxylic acids is 2. The van der Waals surface area contributed by atoms with E-state index in [0.717, 1.165) is 30.4 Å². The highest BCUT2D eigenvalue weighted by atomic mass is 35.5. The SMILES string of the molecule is Cc1ccccc1/C(Cl)=C(/NC(=O)c1ccccc1)C(=O)N1CCCCC1. The van der Waals surface area contributed by atoms with Gasteiger partial charge in [-0.05, 0) is 49.4 Å². The third kappa shape index (κ3) is 4.58. The molecule has 4 nitrogen and oxygen atoms in total. The molecule has 5 heteroatoms. The van der Waals surface area contributed by atoms with Crippen LogP contribution in [-0.4, -0.2) is 29.8 Å². The number of carbonyl (C=O) groups is 2. The molecule has 0 aromatic heterocycles. The van der Waals surface area contributed by atoms with E-state index in [0.29, 0.717) is 18.7 Å². The van der Waals surface area contributed by atoms with Crippen LogP contribution in [0.15, 0.2) is 60.3 Å². The van der Waals surface area contributed by atoms with E-state index < -0.39 is 0 Å². The van der Waals surface area contributed by atoms with E-state index in [-0.39, 0.29) is 22.5 Å². The zero-order valence-electron chi connectivity index (χ0n) is 15.4. The molecule has 0 atom stereocenters. The number of halogens is 1. The molecular weight excluding hydrogens is 360 g/mol. The molecule has 2 amide bonds. The molecule has 0 unspecified atom stereocenters. The average molecular weight is 383 g/mol. The van der Waals surface area contributed by atoms with Crippen LogP contribution < -0.4 is 5.32 Å². The van der Waals surface area contributed by atoms with Gasteiger partial charge in [-0.3, -0.25) is 9.59 Å². The predicted molar refractivity (Wildman–Crippen MR) is 108 cm³/mol. The monoisotopic (exact) mass is 382 g/mol. The summed E-state index contributed by atoms with van der Waals surface area (Å²) >= 11 is 6.64. The summed E-state index contributed by atoms with van der Waals surface area (Å²) in [5, 5.41) is 3.04. The van der Waals surface area contributed by atoms with Crippen LogP contribution in [-0.2, 0) is 4.79 Å². The van der Waals surface area contributed by atoms with Gasteiger partial charge in [0.25, 0.3) is 11.8 Å². The number of nitrogens with zero attached hydrogens (tertiary/aromatic N) is 1. The lowest BCUT2D eigenvalue weighted by Crippen LogP contribution is -2.41. The lowest BCUT2D eigenvalue weighted by atomic mass is 10.1. The van der Waals surface area contributed by atoms with Crippen molar-refractivity contribution in [1.29, 1.82) is 0 Å². The van der Waals surface area contributed by atoms with Gasteiger partial charge in [0.1, 0.15) is 5.70 Å². The standard InChI is InChI=1S/C22H23ClN2O2/c1-16-10-6-7-13-18(16)19(23)20(22(27)25-14-8-3-9-15-25)24-21(26)17-11-4-2-5-12-17/h2,4-7,10-13H,3,8-9,14-15H2,1H3,(H,24,26)/b20-19-. The van der Waals surface area contributed by atoms with E-state index in [2.05, 4.69) is 5.32 Å². The molecule has 2 aromatic carbocycles. The number of amides is 2. The molecule has 0 bridgehead atoms. The summed E-state index contributed by atoms with van der Waals surface area (Å²) in [7, 11) is 0. The number of benzene rings is 2. The molecule has 1 aliphatic heterocycles. The number of likely N-dealkylation sites (tertiary alicyclic amines) is 1. The predicted octanol–water partition coefficient (Wildman–Crippen LogP) is 4.34. The van der Waals surface area contributed by atoms with Crippen molar-refractivity contribution in [3.63, 3.8) is 0 Å². The minimum atomic E-state index is -0.345. The van der Waals surface area contributed by atoms with Gasteiger partial charge in [-0.1, -0.05) is 54.1 Å². The quantitative estimate of drug-likeness (QED) is 0.799. The maximum atomic E-state index is 13.2. The molecule has 0 radical (unpaired) electrons. The van der Waals surface area contributed by atoms with Gasteiger partial charge in [0.2, 0.25) is 0 Å². The molecule has 0 saturated carbocycles. The van der Waals surface area contributed by atoms with E-state index in [1.54, 1.807) is 29.2 Å². The third-order valence-electron chi connectivity index (χ3n) is 4.73. The number of aryl methyl sites for hydroxylation is 1. The van der Waals surface area contributed by atoms with Crippen molar-refractivity contribution in [3.8, 4) is 0 Å². The van der Waals surface area contributed by atoms with Gasteiger partial charge in [-0.25, -0.2) is 0 Å². The first-order chi connectivity index (χ1) is 13.1. The zero-order valence-corrected chi connectivity index (χ0v) is 16.1. The summed E-state index contributed by atoms with van der Waals surface area (Å²) in [4.78, 5) is 27.6. The molecule has 0 aliphatic carbocycles. The number of piperidine rings is 1. The van der Waals surface area contributed by atoms with Gasteiger partial charge in [0.05, 0.1) is 5.03 Å². The number of rotatable bonds is 4. The second-order valence-corrected chi connectivity index (χ2v) is 7.05. The maximum absolute atomic E-state index is 13.2. The van der Waals surface area contributed by atoms with Crippen molar-refractivity contribution in [2.75, 3.05) is 13.1 Å². The average Bonchev–Trinajstić information content (AvgIpc) is 2.72. The first-order valence-electron chi connectivity index (χ1n) is 9.19. The van der Waals surface area contributed by atoms with Crippen LogP contribution in [0.2, 0.25) is 0 Å². The van der Waals surface area contributed by atoms with Gasteiger partial charge in [0, 0.05) is 18.7 Å². The van der Waals surface area contributed by atoms with Crippen LogP contribution in [0, 0.1) is 6.92 Å². The molecule has 3 rings (SSSR count). The van der Waals surface area contributed by atoms with Gasteiger partial charge in [-0.15, -0.1) is 0 Å². The molecule has 1 aliphatic rings. The lowest BCUT2D eigenvalue weighted by Gasteiger charge is -2.28. The van der Waals surface area contributed by atoms with Crippen LogP contribution in [0.5, 0.6) is 0 Å². The molecule has 1 N–H and O–H groups in total. The summed E-state index contributed by atoms with van der Waals surface area (Å²) < 4.78 is 0. The van der Waals surface area contributed by atoms with Crippen molar-refractivity contribution >= 4 is 28.4 Å². The Balaban J connectivity index is 1.98. The molecule has 1 saturated heterocycles. The van der Waals surface area contributed by atoms with E-state index in [1.807, 2.05) is 37.3 Å². The van der Waals surface area contributed by atoms with Crippen LogP contribution in [0.25, 0.3) is 5.03 Å². The highest BCUT2D eigenvalue weighted by molar-refractivity contribution is 6.51. The maximum Gasteiger partial charge on any atom is 0.271 e. The third-order valence-corrected chi connectivity index (χ3v) is 5.13. The van der Waals surface area contributed by atoms with Gasteiger partial charge in [-0.2, -0.15) is 0 Å². The first-order valence-corrected chi connectivity index (χ1v) is 9.57. The summed E-state index contributed by atoms with van der Waals surface area (Å²) in [6.07, 6.45) is 3.05. The highest BCUT2D eigenvalue weighted by Gasteiger charge is 2.25. The van der Waals surface area contributed by atoms with Crippen LogP contribution in [0.4, 0.5) is 0 Å². The summed E-state index contributed by atoms with van der Waals surface area (Å²) in [6, 6.07) is 16.4. The van der Waals surface area contributed by atoms with Crippen molar-refractivity contribution in [3.05, 3.63) is 77.0 Å². The van der Waals surface area contributed by atoms with E-state index in [4.69, 9.17) is 11.6 Å². The topological polar surface area (TPSA) is 49.4 Å². The number of hydrogen-bond acceptors (Lipinski definition) is 2. The molecular formula is C22H23ClN2O2. The fourth-order valence-corrected chi connectivity index (χ4v) is 3.53. The fraction of sp³-hybridized carbons (Fsp3) is 0.273. The molecule has 1 heterocycles. The van der Waals surface area contributed by atoms with Gasteiger partial charge >= 0.3 is 0 Å².